The molecule has 5 rings (SSSR count). The highest BCUT2D eigenvalue weighted by Gasteiger charge is 2.44. The van der Waals surface area contributed by atoms with E-state index in [0.29, 0.717) is 33.4 Å². The molecule has 3 amide bonds. The highest BCUT2D eigenvalue weighted by atomic mass is 35.5. The first kappa shape index (κ1) is 29.8. The van der Waals surface area contributed by atoms with Crippen molar-refractivity contribution in [1.29, 1.82) is 0 Å². The number of aliphatic hydroxyl groups is 1. The Hall–Kier alpha value is -4.21. The number of aromatic nitrogens is 2. The van der Waals surface area contributed by atoms with Crippen LogP contribution >= 0.6 is 11.6 Å². The Balaban J connectivity index is 0.00000189. The van der Waals surface area contributed by atoms with Gasteiger partial charge in [-0.2, -0.15) is 0 Å². The third kappa shape index (κ3) is 6.58. The molecule has 2 heterocycles. The summed E-state index contributed by atoms with van der Waals surface area (Å²) in [6, 6.07) is 16.4. The first-order valence-electron chi connectivity index (χ1n) is 13.4. The topological polar surface area (TPSA) is 108 Å². The number of nitrogens with zero attached hydrogens (tertiary/aromatic N) is 2. The van der Waals surface area contributed by atoms with Crippen molar-refractivity contribution in [3.8, 4) is 17.0 Å². The molecule has 4 aromatic rings. The van der Waals surface area contributed by atoms with Gasteiger partial charge in [0.2, 0.25) is 0 Å². The number of H-pyrrole nitrogens is 1. The fourth-order valence-corrected chi connectivity index (χ4v) is 4.81. The van der Waals surface area contributed by atoms with Crippen LogP contribution in [0.3, 0.4) is 0 Å². The zero-order valence-corrected chi connectivity index (χ0v) is 23.8. The van der Waals surface area contributed by atoms with Crippen molar-refractivity contribution < 1.29 is 23.8 Å². The van der Waals surface area contributed by atoms with E-state index in [9.17, 15) is 14.0 Å². The number of carbonyl (C=O) groups is 2. The van der Waals surface area contributed by atoms with E-state index in [0.717, 1.165) is 16.0 Å². The molecule has 1 unspecified atom stereocenters. The first-order chi connectivity index (χ1) is 19.9. The van der Waals surface area contributed by atoms with Gasteiger partial charge in [0, 0.05) is 17.0 Å². The predicted octanol–water partition coefficient (Wildman–Crippen LogP) is 6.15. The van der Waals surface area contributed by atoms with Gasteiger partial charge in [-0.05, 0) is 53.9 Å². The van der Waals surface area contributed by atoms with Crippen molar-refractivity contribution in [1.82, 2.24) is 20.2 Å². The van der Waals surface area contributed by atoms with Gasteiger partial charge in [0.05, 0.1) is 18.5 Å². The van der Waals surface area contributed by atoms with E-state index in [1.807, 2.05) is 26.0 Å². The minimum Gasteiger partial charge on any atom is -0.491 e. The number of aromatic amines is 1. The largest absolute Gasteiger partial charge is 0.491 e. The molecule has 0 bridgehead atoms. The van der Waals surface area contributed by atoms with Crippen LogP contribution in [0.4, 0.5) is 9.18 Å². The monoisotopic (exact) mass is 578 g/mol. The molecule has 0 spiro atoms. The highest BCUT2D eigenvalue weighted by Crippen LogP contribution is 2.34. The van der Waals surface area contributed by atoms with Crippen LogP contribution < -0.4 is 10.1 Å². The van der Waals surface area contributed by atoms with Crippen LogP contribution in [-0.2, 0) is 11.2 Å². The van der Waals surface area contributed by atoms with Crippen LogP contribution in [0, 0.1) is 12.7 Å². The van der Waals surface area contributed by atoms with E-state index in [1.165, 1.54) is 12.3 Å². The SMILES string of the molecule is CC.Cc1ccc(-c2cnc(C(Cc3ccccc3Cl)N3C(=O)N[C@H](c4ccc(OCCO)cc4)C3=O)[nH]2)c(F)c1. The third-order valence-corrected chi connectivity index (χ3v) is 6.92. The van der Waals surface area contributed by atoms with Crippen molar-refractivity contribution >= 4 is 23.5 Å². The second-order valence-corrected chi connectivity index (χ2v) is 9.62. The maximum atomic E-state index is 14.7. The number of aryl methyl sites for hydroxylation is 1. The van der Waals surface area contributed by atoms with Gasteiger partial charge in [-0.25, -0.2) is 14.2 Å². The summed E-state index contributed by atoms with van der Waals surface area (Å²) in [5, 5.41) is 12.2. The molecular formula is C31H32ClFN4O4. The molecule has 41 heavy (non-hydrogen) atoms. The Kier molecular flexibility index (Phi) is 9.75. The molecule has 0 aliphatic carbocycles. The maximum absolute atomic E-state index is 14.7. The number of carbonyl (C=O) groups excluding carboxylic acids is 2. The summed E-state index contributed by atoms with van der Waals surface area (Å²) in [5.41, 5.74) is 2.83. The molecule has 214 valence electrons. The van der Waals surface area contributed by atoms with Gasteiger partial charge < -0.3 is 20.1 Å². The van der Waals surface area contributed by atoms with E-state index >= 15 is 0 Å². The number of halogens is 2. The summed E-state index contributed by atoms with van der Waals surface area (Å²) >= 11 is 6.44. The molecule has 2 atom stereocenters. The number of hydrogen-bond acceptors (Lipinski definition) is 5. The Bertz CT molecular complexity index is 1510. The molecular weight excluding hydrogens is 547 g/mol. The lowest BCUT2D eigenvalue weighted by Gasteiger charge is -2.24. The Morgan fingerprint density at radius 3 is 2.51 bits per heavy atom. The quantitative estimate of drug-likeness (QED) is 0.206. The van der Waals surface area contributed by atoms with Crippen LogP contribution in [0.15, 0.2) is 72.9 Å². The van der Waals surface area contributed by atoms with E-state index in [1.54, 1.807) is 55.5 Å². The minimum absolute atomic E-state index is 0.119. The lowest BCUT2D eigenvalue weighted by atomic mass is 10.0. The normalized spacial score (nSPS) is 15.3. The standard InChI is InChI=1S/C29H26ClFN4O4.C2H6/c1-17-6-11-21(23(31)14-17)24-16-32-27(33-24)25(15-19-4-2-3-5-22(19)30)35-28(37)26(34-29(35)38)18-7-9-20(10-8-18)39-13-12-36;1-2/h2-11,14,16,25-26,36H,12-13,15H2,1H3,(H,32,33)(H,34,38);1-2H3/t25?,26-;/m1./s1. The Morgan fingerprint density at radius 2 is 1.83 bits per heavy atom. The molecule has 1 aliphatic rings. The Morgan fingerprint density at radius 1 is 1.10 bits per heavy atom. The molecule has 10 heteroatoms. The van der Waals surface area contributed by atoms with Gasteiger partial charge in [-0.1, -0.05) is 61.8 Å². The van der Waals surface area contributed by atoms with E-state index in [4.69, 9.17) is 21.4 Å². The van der Waals surface area contributed by atoms with Gasteiger partial charge in [-0.3, -0.25) is 9.69 Å². The predicted molar refractivity (Wildman–Crippen MR) is 155 cm³/mol. The number of amides is 3. The van der Waals surface area contributed by atoms with Gasteiger partial charge in [0.1, 0.15) is 36.1 Å². The zero-order valence-electron chi connectivity index (χ0n) is 23.0. The number of benzene rings is 3. The molecule has 1 aliphatic heterocycles. The van der Waals surface area contributed by atoms with Gasteiger partial charge in [0.15, 0.2) is 0 Å². The second kappa shape index (κ2) is 13.4. The number of ether oxygens (including phenoxy) is 1. The molecule has 3 aromatic carbocycles. The number of aliphatic hydroxyl groups excluding tert-OH is 1. The molecule has 3 N–H and O–H groups in total. The van der Waals surface area contributed by atoms with Gasteiger partial charge >= 0.3 is 6.03 Å². The molecule has 8 nitrogen and oxygen atoms in total. The van der Waals surface area contributed by atoms with Crippen LogP contribution in [0.25, 0.3) is 11.3 Å². The number of imide groups is 1. The van der Waals surface area contributed by atoms with E-state index in [2.05, 4.69) is 15.3 Å². The van der Waals surface area contributed by atoms with Crippen LogP contribution in [0.2, 0.25) is 5.02 Å². The van der Waals surface area contributed by atoms with Crippen LogP contribution in [0.5, 0.6) is 5.75 Å². The zero-order chi connectivity index (χ0) is 29.5. The minimum atomic E-state index is -0.915. The number of imidazole rings is 1. The first-order valence-corrected chi connectivity index (χ1v) is 13.8. The number of rotatable bonds is 9. The van der Waals surface area contributed by atoms with Crippen molar-refractivity contribution in [2.45, 2.75) is 39.3 Å². The molecule has 1 saturated heterocycles. The van der Waals surface area contributed by atoms with Crippen molar-refractivity contribution in [3.63, 3.8) is 0 Å². The number of nitrogens with one attached hydrogen (secondary N) is 2. The summed E-state index contributed by atoms with van der Waals surface area (Å²) in [7, 11) is 0. The molecule has 1 aromatic heterocycles. The van der Waals surface area contributed by atoms with Crippen LogP contribution in [-0.4, -0.2) is 45.1 Å². The van der Waals surface area contributed by atoms with E-state index in [-0.39, 0.29) is 19.6 Å². The lowest BCUT2D eigenvalue weighted by molar-refractivity contribution is -0.129. The summed E-state index contributed by atoms with van der Waals surface area (Å²) in [4.78, 5) is 35.6. The molecule has 0 saturated carbocycles. The summed E-state index contributed by atoms with van der Waals surface area (Å²) < 4.78 is 20.1. The van der Waals surface area contributed by atoms with Gasteiger partial charge in [0.25, 0.3) is 5.91 Å². The van der Waals surface area contributed by atoms with Gasteiger partial charge in [-0.15, -0.1) is 0 Å². The van der Waals surface area contributed by atoms with Crippen molar-refractivity contribution in [2.75, 3.05) is 13.2 Å². The van der Waals surface area contributed by atoms with Crippen molar-refractivity contribution in [3.05, 3.63) is 106 Å². The Labute approximate surface area is 243 Å². The average molecular weight is 579 g/mol. The highest BCUT2D eigenvalue weighted by molar-refractivity contribution is 6.31. The number of hydrogen-bond donors (Lipinski definition) is 3. The average Bonchev–Trinajstić information content (AvgIpc) is 3.57. The molecule has 1 fully saturated rings. The second-order valence-electron chi connectivity index (χ2n) is 9.21. The fourth-order valence-electron chi connectivity index (χ4n) is 4.60. The summed E-state index contributed by atoms with van der Waals surface area (Å²) in [6.07, 6.45) is 1.69. The summed E-state index contributed by atoms with van der Waals surface area (Å²) in [6.45, 7) is 5.83. The smallest absolute Gasteiger partial charge is 0.325 e. The molecule has 0 radical (unpaired) electrons. The lowest BCUT2D eigenvalue weighted by Crippen LogP contribution is -2.37. The third-order valence-electron chi connectivity index (χ3n) is 6.55. The van der Waals surface area contributed by atoms with Crippen LogP contribution in [0.1, 0.15) is 48.4 Å². The number of urea groups is 1. The summed E-state index contributed by atoms with van der Waals surface area (Å²) in [5.74, 6) is -0.0128. The van der Waals surface area contributed by atoms with Crippen molar-refractivity contribution in [2.24, 2.45) is 0 Å². The fraction of sp³-hybridized carbons (Fsp3) is 0.258. The maximum Gasteiger partial charge on any atom is 0.325 e. The van der Waals surface area contributed by atoms with E-state index < -0.39 is 29.8 Å².